The maximum absolute atomic E-state index is 12.4. The lowest BCUT2D eigenvalue weighted by Gasteiger charge is -2.11. The van der Waals surface area contributed by atoms with E-state index in [1.807, 2.05) is 18.3 Å². The fraction of sp³-hybridized carbons (Fsp3) is 0.735. The van der Waals surface area contributed by atoms with E-state index in [-0.39, 0.29) is 12.0 Å². The molecule has 0 radical (unpaired) electrons. The van der Waals surface area contributed by atoms with Gasteiger partial charge in [0.1, 0.15) is 0 Å². The van der Waals surface area contributed by atoms with Crippen molar-refractivity contribution in [2.24, 2.45) is 0 Å². The van der Waals surface area contributed by atoms with Crippen LogP contribution < -0.4 is 10.6 Å². The predicted molar refractivity (Wildman–Crippen MR) is 170 cm³/mol. The summed E-state index contributed by atoms with van der Waals surface area (Å²) in [6.45, 7) is 7.31. The lowest BCUT2D eigenvalue weighted by atomic mass is 10.1. The second-order valence-electron chi connectivity index (χ2n) is 11.7. The van der Waals surface area contributed by atoms with Gasteiger partial charge < -0.3 is 15.7 Å². The van der Waals surface area contributed by atoms with E-state index in [9.17, 15) is 9.90 Å². The van der Waals surface area contributed by atoms with Gasteiger partial charge in [0.15, 0.2) is 0 Å². The molecular formula is C34H59N5O2. The fourth-order valence-electron chi connectivity index (χ4n) is 5.14. The summed E-state index contributed by atoms with van der Waals surface area (Å²) in [7, 11) is 0. The van der Waals surface area contributed by atoms with E-state index >= 15 is 0 Å². The highest BCUT2D eigenvalue weighted by Gasteiger charge is 2.07. The molecule has 1 amide bonds. The molecule has 0 bridgehead atoms. The molecule has 1 atom stereocenters. The molecule has 0 aliphatic carbocycles. The Kier molecular flexibility index (Phi) is 19.9. The van der Waals surface area contributed by atoms with Gasteiger partial charge in [-0.15, -0.1) is 5.10 Å². The third-order valence-electron chi connectivity index (χ3n) is 7.81. The van der Waals surface area contributed by atoms with Crippen LogP contribution in [0, 0.1) is 0 Å². The molecule has 0 aliphatic rings. The van der Waals surface area contributed by atoms with E-state index in [0.29, 0.717) is 25.2 Å². The summed E-state index contributed by atoms with van der Waals surface area (Å²) in [5, 5.41) is 25.1. The first-order valence-electron chi connectivity index (χ1n) is 16.8. The molecule has 41 heavy (non-hydrogen) atoms. The molecule has 0 aliphatic heterocycles. The van der Waals surface area contributed by atoms with Crippen molar-refractivity contribution in [3.63, 3.8) is 0 Å². The summed E-state index contributed by atoms with van der Waals surface area (Å²) >= 11 is 0. The van der Waals surface area contributed by atoms with Crippen molar-refractivity contribution in [3.8, 4) is 0 Å². The summed E-state index contributed by atoms with van der Waals surface area (Å²) in [6.07, 6.45) is 23.4. The molecule has 0 spiro atoms. The van der Waals surface area contributed by atoms with Crippen molar-refractivity contribution in [3.05, 3.63) is 47.3 Å². The third-order valence-corrected chi connectivity index (χ3v) is 7.81. The molecule has 1 unspecified atom stereocenters. The van der Waals surface area contributed by atoms with Crippen LogP contribution in [-0.4, -0.2) is 51.7 Å². The Balaban J connectivity index is 1.44. The van der Waals surface area contributed by atoms with Gasteiger partial charge in [-0.3, -0.25) is 9.48 Å². The number of aryl methyl sites for hydroxylation is 2. The highest BCUT2D eigenvalue weighted by atomic mass is 16.3. The molecule has 2 rings (SSSR count). The van der Waals surface area contributed by atoms with Crippen molar-refractivity contribution in [1.29, 1.82) is 0 Å². The number of rotatable bonds is 26. The van der Waals surface area contributed by atoms with Crippen LogP contribution >= 0.6 is 0 Å². The van der Waals surface area contributed by atoms with Gasteiger partial charge in [0.2, 0.25) is 0 Å². The van der Waals surface area contributed by atoms with Crippen molar-refractivity contribution >= 4 is 5.91 Å². The van der Waals surface area contributed by atoms with Gasteiger partial charge >= 0.3 is 0 Å². The molecule has 7 heteroatoms. The maximum Gasteiger partial charge on any atom is 0.251 e. The molecule has 232 valence electrons. The molecule has 1 heterocycles. The van der Waals surface area contributed by atoms with Crippen molar-refractivity contribution in [2.75, 3.05) is 19.6 Å². The van der Waals surface area contributed by atoms with Crippen LogP contribution in [-0.2, 0) is 19.4 Å². The normalized spacial score (nSPS) is 12.1. The van der Waals surface area contributed by atoms with E-state index in [2.05, 4.69) is 46.9 Å². The Morgan fingerprint density at radius 2 is 1.44 bits per heavy atom. The monoisotopic (exact) mass is 569 g/mol. The second kappa shape index (κ2) is 23.3. The van der Waals surface area contributed by atoms with Crippen molar-refractivity contribution in [1.82, 2.24) is 25.6 Å². The molecule has 7 nitrogen and oxygen atoms in total. The molecule has 0 saturated carbocycles. The number of benzene rings is 1. The number of amides is 1. The minimum atomic E-state index is -0.256. The molecule has 0 saturated heterocycles. The van der Waals surface area contributed by atoms with Gasteiger partial charge in [0.05, 0.1) is 18.3 Å². The number of aliphatic hydroxyl groups is 1. The molecule has 2 aromatic rings. The van der Waals surface area contributed by atoms with Crippen LogP contribution in [0.5, 0.6) is 0 Å². The highest BCUT2D eigenvalue weighted by Crippen LogP contribution is 2.11. The second-order valence-corrected chi connectivity index (χ2v) is 11.7. The quantitative estimate of drug-likeness (QED) is 0.106. The molecule has 3 N–H and O–H groups in total. The van der Waals surface area contributed by atoms with Gasteiger partial charge in [0, 0.05) is 24.8 Å². The van der Waals surface area contributed by atoms with Gasteiger partial charge in [-0.2, -0.15) is 0 Å². The number of aromatic nitrogens is 3. The van der Waals surface area contributed by atoms with Crippen LogP contribution in [0.25, 0.3) is 0 Å². The Labute approximate surface area is 250 Å². The molecule has 1 aromatic heterocycles. The SMILES string of the molecule is CCCCCCCCCCCNCC(O)CCCCCc1cn(CCNC(=O)c2ccc(CCCCC)cc2)nn1. The summed E-state index contributed by atoms with van der Waals surface area (Å²) in [5.41, 5.74) is 2.97. The molecular weight excluding hydrogens is 510 g/mol. The zero-order valence-corrected chi connectivity index (χ0v) is 26.2. The fourth-order valence-corrected chi connectivity index (χ4v) is 5.14. The van der Waals surface area contributed by atoms with E-state index in [4.69, 9.17) is 0 Å². The zero-order chi connectivity index (χ0) is 29.4. The van der Waals surface area contributed by atoms with Crippen LogP contribution in [0.15, 0.2) is 30.5 Å². The summed E-state index contributed by atoms with van der Waals surface area (Å²) in [4.78, 5) is 12.4. The lowest BCUT2D eigenvalue weighted by molar-refractivity contribution is 0.0952. The number of aliphatic hydroxyl groups excluding tert-OH is 1. The number of hydrogen-bond acceptors (Lipinski definition) is 5. The average molecular weight is 570 g/mol. The Morgan fingerprint density at radius 3 is 2.17 bits per heavy atom. The molecule has 0 fully saturated rings. The first-order valence-corrected chi connectivity index (χ1v) is 16.8. The van der Waals surface area contributed by atoms with Crippen LogP contribution in [0.1, 0.15) is 138 Å². The third kappa shape index (κ3) is 17.3. The average Bonchev–Trinajstić information content (AvgIpc) is 3.43. The maximum atomic E-state index is 12.4. The number of hydrogen-bond donors (Lipinski definition) is 3. The van der Waals surface area contributed by atoms with Gasteiger partial charge in [0.25, 0.3) is 5.91 Å². The number of carbonyl (C=O) groups is 1. The first-order chi connectivity index (χ1) is 20.1. The van der Waals surface area contributed by atoms with Crippen LogP contribution in [0.3, 0.4) is 0 Å². The highest BCUT2D eigenvalue weighted by molar-refractivity contribution is 5.94. The predicted octanol–water partition coefficient (Wildman–Crippen LogP) is 7.03. The topological polar surface area (TPSA) is 92.1 Å². The minimum Gasteiger partial charge on any atom is -0.392 e. The van der Waals surface area contributed by atoms with E-state index in [1.165, 1.54) is 82.6 Å². The largest absolute Gasteiger partial charge is 0.392 e. The first kappa shape index (κ1) is 34.9. The smallest absolute Gasteiger partial charge is 0.251 e. The Bertz CT molecular complexity index is 899. The molecule has 1 aromatic carbocycles. The standard InChI is InChI=1S/C34H59N5O2/c1-3-5-7-8-9-10-11-12-17-25-35-28-33(40)20-16-13-15-19-32-29-39(38-37-32)27-26-36-34(41)31-23-21-30(22-24-31)18-14-6-4-2/h21-24,29,33,35,40H,3-20,25-28H2,1-2H3,(H,36,41). The van der Waals surface area contributed by atoms with E-state index in [0.717, 1.165) is 50.8 Å². The summed E-state index contributed by atoms with van der Waals surface area (Å²) in [6, 6.07) is 7.95. The van der Waals surface area contributed by atoms with E-state index < -0.39 is 0 Å². The Hall–Kier alpha value is -2.25. The summed E-state index contributed by atoms with van der Waals surface area (Å²) in [5.74, 6) is -0.0497. The van der Waals surface area contributed by atoms with Crippen LogP contribution in [0.2, 0.25) is 0 Å². The minimum absolute atomic E-state index is 0.0497. The number of nitrogens with zero attached hydrogens (tertiary/aromatic N) is 3. The van der Waals surface area contributed by atoms with Gasteiger partial charge in [-0.1, -0.05) is 108 Å². The van der Waals surface area contributed by atoms with E-state index in [1.54, 1.807) is 4.68 Å². The number of unbranched alkanes of at least 4 members (excludes halogenated alkanes) is 12. The van der Waals surface area contributed by atoms with Crippen LogP contribution in [0.4, 0.5) is 0 Å². The van der Waals surface area contributed by atoms with Crippen molar-refractivity contribution < 1.29 is 9.90 Å². The number of carbonyl (C=O) groups excluding carboxylic acids is 1. The number of nitrogens with one attached hydrogen (secondary N) is 2. The Morgan fingerprint density at radius 1 is 0.805 bits per heavy atom. The zero-order valence-electron chi connectivity index (χ0n) is 26.2. The van der Waals surface area contributed by atoms with Crippen molar-refractivity contribution in [2.45, 2.75) is 142 Å². The van der Waals surface area contributed by atoms with Gasteiger partial charge in [-0.25, -0.2) is 0 Å². The summed E-state index contributed by atoms with van der Waals surface area (Å²) < 4.78 is 1.80. The van der Waals surface area contributed by atoms with Gasteiger partial charge in [-0.05, 0) is 62.8 Å². The lowest BCUT2D eigenvalue weighted by Crippen LogP contribution is -2.27.